The van der Waals surface area contributed by atoms with Crippen LogP contribution in [0.3, 0.4) is 0 Å². The summed E-state index contributed by atoms with van der Waals surface area (Å²) in [6, 6.07) is 6.51. The number of quaternary nitrogens is 1. The molecule has 15 heavy (non-hydrogen) atoms. The van der Waals surface area contributed by atoms with Gasteiger partial charge in [0, 0.05) is 29.7 Å². The number of aromatic nitrogens is 1. The minimum absolute atomic E-state index is 1.09. The number of rotatable bonds is 2. The molecule has 0 amide bonds. The SMILES string of the molecule is Cc1cccc2c1c(C[NH+](C)C)cn2C. The maximum absolute atomic E-state index is 2.25. The highest BCUT2D eigenvalue weighted by molar-refractivity contribution is 5.86. The van der Waals surface area contributed by atoms with Crippen LogP contribution in [-0.4, -0.2) is 18.7 Å². The number of fused-ring (bicyclic) bond motifs is 1. The zero-order valence-electron chi connectivity index (χ0n) is 9.96. The molecule has 0 aliphatic carbocycles. The highest BCUT2D eigenvalue weighted by atomic mass is 15.1. The van der Waals surface area contributed by atoms with Gasteiger partial charge < -0.3 is 9.47 Å². The summed E-state index contributed by atoms with van der Waals surface area (Å²) in [5.74, 6) is 0. The normalized spacial score (nSPS) is 11.5. The summed E-state index contributed by atoms with van der Waals surface area (Å²) in [4.78, 5) is 1.46. The predicted octanol–water partition coefficient (Wildman–Crippen LogP) is 1.13. The lowest BCUT2D eigenvalue weighted by atomic mass is 10.1. The van der Waals surface area contributed by atoms with Gasteiger partial charge in [0.1, 0.15) is 6.54 Å². The quantitative estimate of drug-likeness (QED) is 0.749. The van der Waals surface area contributed by atoms with E-state index in [4.69, 9.17) is 0 Å². The van der Waals surface area contributed by atoms with E-state index in [9.17, 15) is 0 Å². The molecule has 1 N–H and O–H groups in total. The number of nitrogens with zero attached hydrogens (tertiary/aromatic N) is 1. The molecular formula is C13H19N2+. The first kappa shape index (κ1) is 10.2. The Labute approximate surface area is 91.1 Å². The Kier molecular flexibility index (Phi) is 2.53. The molecule has 1 heterocycles. The van der Waals surface area contributed by atoms with Crippen LogP contribution in [0.4, 0.5) is 0 Å². The van der Waals surface area contributed by atoms with Gasteiger partial charge in [0.2, 0.25) is 0 Å². The van der Waals surface area contributed by atoms with Gasteiger partial charge in [-0.2, -0.15) is 0 Å². The van der Waals surface area contributed by atoms with Crippen molar-refractivity contribution in [1.29, 1.82) is 0 Å². The van der Waals surface area contributed by atoms with Crippen molar-refractivity contribution in [3.8, 4) is 0 Å². The van der Waals surface area contributed by atoms with Crippen LogP contribution in [0.25, 0.3) is 10.9 Å². The van der Waals surface area contributed by atoms with Crippen molar-refractivity contribution in [2.75, 3.05) is 14.1 Å². The molecule has 0 radical (unpaired) electrons. The summed E-state index contributed by atoms with van der Waals surface area (Å²) in [7, 11) is 6.50. The minimum Gasteiger partial charge on any atom is -0.350 e. The van der Waals surface area contributed by atoms with Gasteiger partial charge in [0.15, 0.2) is 0 Å². The fourth-order valence-electron chi connectivity index (χ4n) is 2.25. The Bertz CT molecular complexity index is 480. The Morgan fingerprint density at radius 3 is 2.67 bits per heavy atom. The van der Waals surface area contributed by atoms with Gasteiger partial charge in [-0.15, -0.1) is 0 Å². The van der Waals surface area contributed by atoms with E-state index in [1.807, 2.05) is 0 Å². The Hall–Kier alpha value is -1.28. The van der Waals surface area contributed by atoms with Crippen LogP contribution in [0.1, 0.15) is 11.1 Å². The van der Waals surface area contributed by atoms with Crippen LogP contribution in [0.2, 0.25) is 0 Å². The maximum atomic E-state index is 2.25. The van der Waals surface area contributed by atoms with Crippen molar-refractivity contribution in [3.05, 3.63) is 35.5 Å². The standard InChI is InChI=1S/C13H18N2/c1-10-6-5-7-12-13(10)11(8-14(2)3)9-15(12)4/h5-7,9H,8H2,1-4H3/p+1. The number of hydrogen-bond acceptors (Lipinski definition) is 0. The molecule has 0 spiro atoms. The summed E-state index contributed by atoms with van der Waals surface area (Å²) in [6.45, 7) is 3.28. The molecule has 0 aliphatic heterocycles. The van der Waals surface area contributed by atoms with E-state index in [1.54, 1.807) is 0 Å². The molecule has 0 atom stereocenters. The van der Waals surface area contributed by atoms with E-state index >= 15 is 0 Å². The summed E-state index contributed by atoms with van der Waals surface area (Å²) in [5.41, 5.74) is 4.17. The third-order valence-electron chi connectivity index (χ3n) is 2.85. The van der Waals surface area contributed by atoms with Crippen LogP contribution in [0, 0.1) is 6.92 Å². The highest BCUT2D eigenvalue weighted by Gasteiger charge is 2.10. The Morgan fingerprint density at radius 2 is 2.00 bits per heavy atom. The predicted molar refractivity (Wildman–Crippen MR) is 64.2 cm³/mol. The third kappa shape index (κ3) is 1.77. The van der Waals surface area contributed by atoms with Crippen LogP contribution < -0.4 is 4.90 Å². The molecule has 1 aromatic heterocycles. The smallest absolute Gasteiger partial charge is 0.104 e. The molecule has 2 aromatic rings. The number of benzene rings is 1. The lowest BCUT2D eigenvalue weighted by Crippen LogP contribution is -3.04. The van der Waals surface area contributed by atoms with Gasteiger partial charge in [0.25, 0.3) is 0 Å². The zero-order valence-corrected chi connectivity index (χ0v) is 9.96. The Morgan fingerprint density at radius 1 is 1.27 bits per heavy atom. The molecule has 0 bridgehead atoms. The average Bonchev–Trinajstić information content (AvgIpc) is 2.44. The van der Waals surface area contributed by atoms with E-state index < -0.39 is 0 Å². The van der Waals surface area contributed by atoms with Crippen LogP contribution in [-0.2, 0) is 13.6 Å². The van der Waals surface area contributed by atoms with Gasteiger partial charge in [-0.25, -0.2) is 0 Å². The second-order valence-corrected chi connectivity index (χ2v) is 4.62. The van der Waals surface area contributed by atoms with E-state index in [1.165, 1.54) is 26.9 Å². The van der Waals surface area contributed by atoms with Crippen molar-refractivity contribution in [2.24, 2.45) is 7.05 Å². The molecule has 80 valence electrons. The number of aryl methyl sites for hydroxylation is 2. The third-order valence-corrected chi connectivity index (χ3v) is 2.85. The van der Waals surface area contributed by atoms with Crippen molar-refractivity contribution in [1.82, 2.24) is 4.57 Å². The van der Waals surface area contributed by atoms with E-state index in [2.05, 4.69) is 57.0 Å². The molecule has 0 unspecified atom stereocenters. The summed E-state index contributed by atoms with van der Waals surface area (Å²) in [6.07, 6.45) is 2.25. The van der Waals surface area contributed by atoms with Crippen molar-refractivity contribution in [2.45, 2.75) is 13.5 Å². The lowest BCUT2D eigenvalue weighted by Gasteiger charge is -2.06. The maximum Gasteiger partial charge on any atom is 0.104 e. The molecule has 0 saturated heterocycles. The van der Waals surface area contributed by atoms with Gasteiger partial charge in [0.05, 0.1) is 14.1 Å². The van der Waals surface area contributed by atoms with Crippen molar-refractivity contribution < 1.29 is 4.90 Å². The van der Waals surface area contributed by atoms with Crippen LogP contribution >= 0.6 is 0 Å². The van der Waals surface area contributed by atoms with E-state index in [0.717, 1.165) is 6.54 Å². The second-order valence-electron chi connectivity index (χ2n) is 4.62. The fourth-order valence-corrected chi connectivity index (χ4v) is 2.25. The second kappa shape index (κ2) is 3.70. The molecule has 0 aliphatic rings. The van der Waals surface area contributed by atoms with E-state index in [0.29, 0.717) is 0 Å². The monoisotopic (exact) mass is 203 g/mol. The first-order valence-corrected chi connectivity index (χ1v) is 5.42. The van der Waals surface area contributed by atoms with Crippen molar-refractivity contribution in [3.63, 3.8) is 0 Å². The van der Waals surface area contributed by atoms with Gasteiger partial charge >= 0.3 is 0 Å². The largest absolute Gasteiger partial charge is 0.350 e. The highest BCUT2D eigenvalue weighted by Crippen LogP contribution is 2.23. The summed E-state index contributed by atoms with van der Waals surface area (Å²) >= 11 is 0. The summed E-state index contributed by atoms with van der Waals surface area (Å²) < 4.78 is 2.22. The lowest BCUT2D eigenvalue weighted by molar-refractivity contribution is -0.872. The molecule has 2 rings (SSSR count). The van der Waals surface area contributed by atoms with Crippen molar-refractivity contribution >= 4 is 10.9 Å². The topological polar surface area (TPSA) is 9.37 Å². The average molecular weight is 203 g/mol. The van der Waals surface area contributed by atoms with Gasteiger partial charge in [-0.05, 0) is 18.6 Å². The molecule has 0 saturated carbocycles. The van der Waals surface area contributed by atoms with Gasteiger partial charge in [-0.3, -0.25) is 0 Å². The molecule has 2 heteroatoms. The molecule has 0 fully saturated rings. The number of hydrogen-bond donors (Lipinski definition) is 1. The van der Waals surface area contributed by atoms with Gasteiger partial charge in [-0.1, -0.05) is 12.1 Å². The van der Waals surface area contributed by atoms with Crippen LogP contribution in [0.15, 0.2) is 24.4 Å². The van der Waals surface area contributed by atoms with Crippen LogP contribution in [0.5, 0.6) is 0 Å². The van der Waals surface area contributed by atoms with E-state index in [-0.39, 0.29) is 0 Å². The molecule has 1 aromatic carbocycles. The fraction of sp³-hybridized carbons (Fsp3) is 0.385. The Balaban J connectivity index is 2.65. The summed E-state index contributed by atoms with van der Waals surface area (Å²) in [5, 5.41) is 1.43. The minimum atomic E-state index is 1.09. The first-order chi connectivity index (χ1) is 7.09. The zero-order chi connectivity index (χ0) is 11.0. The molecular weight excluding hydrogens is 184 g/mol. The molecule has 2 nitrogen and oxygen atoms in total. The first-order valence-electron chi connectivity index (χ1n) is 5.42. The number of nitrogens with one attached hydrogen (secondary N) is 1.